The van der Waals surface area contributed by atoms with E-state index in [4.69, 9.17) is 23.2 Å². The summed E-state index contributed by atoms with van der Waals surface area (Å²) < 4.78 is 0. The summed E-state index contributed by atoms with van der Waals surface area (Å²) in [5.74, 6) is -0.369. The summed E-state index contributed by atoms with van der Waals surface area (Å²) in [5, 5.41) is 0.716. The minimum atomic E-state index is -0.240. The predicted molar refractivity (Wildman–Crippen MR) is 76.7 cm³/mol. The Bertz CT molecular complexity index is 490. The fourth-order valence-electron chi connectivity index (χ4n) is 1.44. The van der Waals surface area contributed by atoms with Crippen LogP contribution in [0.25, 0.3) is 0 Å². The molecule has 1 aromatic rings. The molecule has 0 bridgehead atoms. The molecule has 6 heteroatoms. The number of carbonyl (C=O) groups excluding carboxylic acids is 2. The number of likely N-dealkylation sites (N-methyl/N-ethyl adjacent to an activating group) is 2. The molecule has 104 valence electrons. The van der Waals surface area contributed by atoms with Crippen LogP contribution < -0.4 is 0 Å². The monoisotopic (exact) mass is 302 g/mol. The third-order valence-corrected chi connectivity index (χ3v) is 3.40. The maximum atomic E-state index is 12.3. The van der Waals surface area contributed by atoms with Gasteiger partial charge < -0.3 is 9.80 Å². The zero-order chi connectivity index (χ0) is 14.6. The fraction of sp³-hybridized carbons (Fsp3) is 0.385. The Balaban J connectivity index is 2.89. The van der Waals surface area contributed by atoms with Crippen LogP contribution >= 0.6 is 23.2 Å². The van der Waals surface area contributed by atoms with Crippen LogP contribution in [0.5, 0.6) is 0 Å². The minimum Gasteiger partial charge on any atom is -0.347 e. The van der Waals surface area contributed by atoms with Gasteiger partial charge >= 0.3 is 0 Å². The van der Waals surface area contributed by atoms with Gasteiger partial charge in [0.25, 0.3) is 5.91 Å². The Morgan fingerprint density at radius 3 is 2.26 bits per heavy atom. The van der Waals surface area contributed by atoms with Crippen molar-refractivity contribution in [3.8, 4) is 0 Å². The second kappa shape index (κ2) is 6.78. The Morgan fingerprint density at radius 2 is 1.79 bits per heavy atom. The van der Waals surface area contributed by atoms with E-state index in [0.717, 1.165) is 0 Å². The van der Waals surface area contributed by atoms with Crippen molar-refractivity contribution in [3.05, 3.63) is 33.8 Å². The van der Waals surface area contributed by atoms with E-state index >= 15 is 0 Å². The summed E-state index contributed by atoms with van der Waals surface area (Å²) in [6.07, 6.45) is 0. The number of benzene rings is 1. The first-order valence-electron chi connectivity index (χ1n) is 5.81. The Morgan fingerprint density at radius 1 is 1.16 bits per heavy atom. The smallest absolute Gasteiger partial charge is 0.254 e. The first kappa shape index (κ1) is 15.8. The van der Waals surface area contributed by atoms with Crippen molar-refractivity contribution in [2.75, 3.05) is 27.2 Å². The van der Waals surface area contributed by atoms with Crippen LogP contribution in [0.3, 0.4) is 0 Å². The van der Waals surface area contributed by atoms with Gasteiger partial charge in [-0.15, -0.1) is 0 Å². The lowest BCUT2D eigenvalue weighted by Gasteiger charge is -2.22. The van der Waals surface area contributed by atoms with E-state index in [1.165, 1.54) is 15.9 Å². The van der Waals surface area contributed by atoms with Crippen LogP contribution in [0.4, 0.5) is 0 Å². The molecule has 0 atom stereocenters. The van der Waals surface area contributed by atoms with Gasteiger partial charge in [0, 0.05) is 26.2 Å². The molecule has 0 aliphatic carbocycles. The molecule has 0 aliphatic heterocycles. The van der Waals surface area contributed by atoms with E-state index in [9.17, 15) is 9.59 Å². The first-order chi connectivity index (χ1) is 8.86. The molecule has 1 rings (SSSR count). The molecule has 1 aromatic carbocycles. The van der Waals surface area contributed by atoms with Crippen molar-refractivity contribution in [1.82, 2.24) is 9.80 Å². The van der Waals surface area contributed by atoms with E-state index in [2.05, 4.69) is 0 Å². The summed E-state index contributed by atoms with van der Waals surface area (Å²) in [6, 6.07) is 4.67. The normalized spacial score (nSPS) is 10.2. The molecule has 2 amide bonds. The largest absolute Gasteiger partial charge is 0.347 e. The number of carbonyl (C=O) groups is 2. The predicted octanol–water partition coefficient (Wildman–Crippen LogP) is 2.54. The van der Waals surface area contributed by atoms with Crippen molar-refractivity contribution >= 4 is 35.0 Å². The van der Waals surface area contributed by atoms with Gasteiger partial charge in [0.1, 0.15) is 0 Å². The van der Waals surface area contributed by atoms with Gasteiger partial charge in [0.15, 0.2) is 0 Å². The average molecular weight is 303 g/mol. The van der Waals surface area contributed by atoms with Crippen LogP contribution in [0.2, 0.25) is 10.0 Å². The summed E-state index contributed by atoms with van der Waals surface area (Å²) in [4.78, 5) is 26.8. The van der Waals surface area contributed by atoms with E-state index in [0.29, 0.717) is 22.2 Å². The molecule has 0 aromatic heterocycles. The van der Waals surface area contributed by atoms with Gasteiger partial charge in [0.05, 0.1) is 16.6 Å². The Kier molecular flexibility index (Phi) is 5.63. The lowest BCUT2D eigenvalue weighted by atomic mass is 10.2. The van der Waals surface area contributed by atoms with E-state index in [1.807, 2.05) is 6.92 Å². The summed E-state index contributed by atoms with van der Waals surface area (Å²) >= 11 is 11.7. The Hall–Kier alpha value is -1.26. The molecule has 0 saturated carbocycles. The van der Waals surface area contributed by atoms with Gasteiger partial charge in [-0.3, -0.25) is 9.59 Å². The number of amides is 2. The lowest BCUT2D eigenvalue weighted by molar-refractivity contribution is -0.129. The highest BCUT2D eigenvalue weighted by atomic mass is 35.5. The second-order valence-electron chi connectivity index (χ2n) is 4.24. The SMILES string of the molecule is CCN(CC(=O)N(C)C)C(=O)c1ccc(Cl)c(Cl)c1. The van der Waals surface area contributed by atoms with Gasteiger partial charge in [-0.05, 0) is 25.1 Å². The van der Waals surface area contributed by atoms with Crippen LogP contribution in [0, 0.1) is 0 Å². The molecule has 0 saturated heterocycles. The van der Waals surface area contributed by atoms with Crippen LogP contribution in [-0.4, -0.2) is 48.8 Å². The zero-order valence-electron chi connectivity index (χ0n) is 11.1. The van der Waals surface area contributed by atoms with Gasteiger partial charge in [-0.1, -0.05) is 23.2 Å². The highest BCUT2D eigenvalue weighted by Gasteiger charge is 2.18. The highest BCUT2D eigenvalue weighted by molar-refractivity contribution is 6.42. The minimum absolute atomic E-state index is 0.0442. The second-order valence-corrected chi connectivity index (χ2v) is 5.05. The number of nitrogens with zero attached hydrogens (tertiary/aromatic N) is 2. The molecule has 0 N–H and O–H groups in total. The molecule has 0 aliphatic rings. The molecule has 0 fully saturated rings. The summed E-state index contributed by atoms with van der Waals surface area (Å²) in [5.41, 5.74) is 0.419. The first-order valence-corrected chi connectivity index (χ1v) is 6.56. The van der Waals surface area contributed by atoms with E-state index in [-0.39, 0.29) is 18.4 Å². The van der Waals surface area contributed by atoms with Crippen molar-refractivity contribution in [1.29, 1.82) is 0 Å². The third-order valence-electron chi connectivity index (χ3n) is 2.66. The van der Waals surface area contributed by atoms with E-state index < -0.39 is 0 Å². The van der Waals surface area contributed by atoms with Crippen LogP contribution in [-0.2, 0) is 4.79 Å². The van der Waals surface area contributed by atoms with E-state index in [1.54, 1.807) is 26.2 Å². The number of halogens is 2. The molecule has 4 nitrogen and oxygen atoms in total. The number of hydrogen-bond donors (Lipinski definition) is 0. The fourth-order valence-corrected chi connectivity index (χ4v) is 1.74. The highest BCUT2D eigenvalue weighted by Crippen LogP contribution is 2.23. The van der Waals surface area contributed by atoms with Crippen molar-refractivity contribution < 1.29 is 9.59 Å². The number of hydrogen-bond acceptors (Lipinski definition) is 2. The van der Waals surface area contributed by atoms with Gasteiger partial charge in [-0.25, -0.2) is 0 Å². The number of rotatable bonds is 4. The lowest BCUT2D eigenvalue weighted by Crippen LogP contribution is -2.40. The molecular weight excluding hydrogens is 287 g/mol. The van der Waals surface area contributed by atoms with Gasteiger partial charge in [0.2, 0.25) is 5.91 Å². The third kappa shape index (κ3) is 4.11. The van der Waals surface area contributed by atoms with Crippen molar-refractivity contribution in [2.24, 2.45) is 0 Å². The zero-order valence-corrected chi connectivity index (χ0v) is 12.6. The quantitative estimate of drug-likeness (QED) is 0.857. The van der Waals surface area contributed by atoms with Crippen molar-refractivity contribution in [3.63, 3.8) is 0 Å². The van der Waals surface area contributed by atoms with Gasteiger partial charge in [-0.2, -0.15) is 0 Å². The molecule has 0 heterocycles. The van der Waals surface area contributed by atoms with Crippen LogP contribution in [0.1, 0.15) is 17.3 Å². The topological polar surface area (TPSA) is 40.6 Å². The molecule has 19 heavy (non-hydrogen) atoms. The maximum absolute atomic E-state index is 12.3. The molecule has 0 radical (unpaired) electrons. The maximum Gasteiger partial charge on any atom is 0.254 e. The molecule has 0 spiro atoms. The summed E-state index contributed by atoms with van der Waals surface area (Å²) in [6.45, 7) is 2.31. The standard InChI is InChI=1S/C13H16Cl2N2O2/c1-4-17(8-12(18)16(2)3)13(19)9-5-6-10(14)11(15)7-9/h5-7H,4,8H2,1-3H3. The summed E-state index contributed by atoms with van der Waals surface area (Å²) in [7, 11) is 3.31. The molecular formula is C13H16Cl2N2O2. The Labute approximate surface area is 122 Å². The van der Waals surface area contributed by atoms with Crippen LogP contribution in [0.15, 0.2) is 18.2 Å². The average Bonchev–Trinajstić information content (AvgIpc) is 2.37. The molecule has 0 unspecified atom stereocenters. The van der Waals surface area contributed by atoms with Crippen molar-refractivity contribution in [2.45, 2.75) is 6.92 Å².